The summed E-state index contributed by atoms with van der Waals surface area (Å²) < 4.78 is 1.97. The highest BCUT2D eigenvalue weighted by molar-refractivity contribution is 8.00. The quantitative estimate of drug-likeness (QED) is 0.394. The number of para-hydroxylation sites is 3. The van der Waals surface area contributed by atoms with Crippen molar-refractivity contribution in [3.05, 3.63) is 78.6 Å². The highest BCUT2D eigenvalue weighted by Gasteiger charge is 2.45. The zero-order valence-corrected chi connectivity index (χ0v) is 21.3. The third-order valence-corrected chi connectivity index (χ3v) is 7.32. The van der Waals surface area contributed by atoms with Gasteiger partial charge in [0.25, 0.3) is 0 Å². The van der Waals surface area contributed by atoms with Gasteiger partial charge in [-0.15, -0.1) is 10.2 Å². The highest BCUT2D eigenvalue weighted by Crippen LogP contribution is 2.39. The maximum atomic E-state index is 13.9. The number of pyridine rings is 1. The number of nitrogens with zero attached hydrogens (tertiary/aromatic N) is 5. The van der Waals surface area contributed by atoms with E-state index in [-0.39, 0.29) is 11.8 Å². The number of hydrogen-bond acceptors (Lipinski definition) is 6. The van der Waals surface area contributed by atoms with Gasteiger partial charge < -0.3 is 5.32 Å². The van der Waals surface area contributed by atoms with Crippen molar-refractivity contribution in [2.24, 2.45) is 0 Å². The number of thioether (sulfide) groups is 1. The number of carbonyl (C=O) groups is 2. The zero-order chi connectivity index (χ0) is 25.4. The SMILES string of the molecule is Cc1ccccc1-n1c(SC(C)C(=O)N2c3ccccc3NC(=O)C2(C)C)nnc1-c1ccncc1. The largest absolute Gasteiger partial charge is 0.322 e. The number of amides is 2. The average Bonchev–Trinajstić information content (AvgIpc) is 3.28. The number of carbonyl (C=O) groups excluding carboxylic acids is 2. The summed E-state index contributed by atoms with van der Waals surface area (Å²) >= 11 is 1.32. The predicted molar refractivity (Wildman–Crippen MR) is 141 cm³/mol. The van der Waals surface area contributed by atoms with Crippen LogP contribution >= 0.6 is 11.8 Å². The molecule has 1 aliphatic rings. The number of aromatic nitrogens is 4. The normalized spacial score (nSPS) is 15.2. The van der Waals surface area contributed by atoms with Crippen molar-refractivity contribution < 1.29 is 9.59 Å². The van der Waals surface area contributed by atoms with E-state index >= 15 is 0 Å². The fourth-order valence-electron chi connectivity index (χ4n) is 4.30. The molecule has 3 heterocycles. The summed E-state index contributed by atoms with van der Waals surface area (Å²) in [5, 5.41) is 11.9. The lowest BCUT2D eigenvalue weighted by Crippen LogP contribution is -2.60. The smallest absolute Gasteiger partial charge is 0.250 e. The first kappa shape index (κ1) is 23.7. The maximum Gasteiger partial charge on any atom is 0.250 e. The summed E-state index contributed by atoms with van der Waals surface area (Å²) in [6, 6.07) is 19.1. The number of anilines is 2. The van der Waals surface area contributed by atoms with Crippen molar-refractivity contribution in [2.45, 2.75) is 43.6 Å². The fourth-order valence-corrected chi connectivity index (χ4v) is 5.20. The molecule has 36 heavy (non-hydrogen) atoms. The predicted octanol–water partition coefficient (Wildman–Crippen LogP) is 4.88. The van der Waals surface area contributed by atoms with Gasteiger partial charge in [-0.2, -0.15) is 0 Å². The molecule has 2 amide bonds. The minimum atomic E-state index is -1.05. The number of fused-ring (bicyclic) bond motifs is 1. The van der Waals surface area contributed by atoms with Crippen molar-refractivity contribution in [3.63, 3.8) is 0 Å². The van der Waals surface area contributed by atoms with E-state index in [2.05, 4.69) is 20.5 Å². The Balaban J connectivity index is 1.54. The molecule has 8 nitrogen and oxygen atoms in total. The first-order valence-corrected chi connectivity index (χ1v) is 12.5. The van der Waals surface area contributed by atoms with Crippen LogP contribution in [0, 0.1) is 6.92 Å². The van der Waals surface area contributed by atoms with Crippen LogP contribution in [0.1, 0.15) is 26.3 Å². The Bertz CT molecular complexity index is 1450. The van der Waals surface area contributed by atoms with Crippen LogP contribution in [0.2, 0.25) is 0 Å². The second-order valence-corrected chi connectivity index (χ2v) is 10.4. The lowest BCUT2D eigenvalue weighted by atomic mass is 9.96. The van der Waals surface area contributed by atoms with Crippen LogP contribution < -0.4 is 10.2 Å². The molecule has 1 unspecified atom stereocenters. The molecule has 5 rings (SSSR count). The lowest BCUT2D eigenvalue weighted by molar-refractivity contribution is -0.126. The van der Waals surface area contributed by atoms with E-state index < -0.39 is 10.8 Å². The molecule has 2 aromatic heterocycles. The number of rotatable bonds is 5. The molecule has 0 fully saturated rings. The molecule has 9 heteroatoms. The molecule has 0 aliphatic carbocycles. The molecule has 182 valence electrons. The summed E-state index contributed by atoms with van der Waals surface area (Å²) in [5.41, 5.74) is 3.10. The second kappa shape index (κ2) is 9.23. The van der Waals surface area contributed by atoms with Gasteiger partial charge in [0.15, 0.2) is 11.0 Å². The van der Waals surface area contributed by atoms with E-state index in [0.29, 0.717) is 22.4 Å². The maximum absolute atomic E-state index is 13.9. The number of nitrogens with one attached hydrogen (secondary N) is 1. The molecule has 0 saturated heterocycles. The van der Waals surface area contributed by atoms with Gasteiger partial charge in [-0.25, -0.2) is 0 Å². The van der Waals surface area contributed by atoms with Crippen LogP contribution in [0.4, 0.5) is 11.4 Å². The van der Waals surface area contributed by atoms with Gasteiger partial charge in [0.05, 0.1) is 22.3 Å². The average molecular weight is 499 g/mol. The van der Waals surface area contributed by atoms with E-state index in [1.54, 1.807) is 37.2 Å². The molecule has 0 bridgehead atoms. The Morgan fingerprint density at radius 1 is 0.972 bits per heavy atom. The summed E-state index contributed by atoms with van der Waals surface area (Å²) in [6.45, 7) is 7.37. The summed E-state index contributed by atoms with van der Waals surface area (Å²) in [7, 11) is 0. The molecule has 0 saturated carbocycles. The first-order chi connectivity index (χ1) is 17.3. The standard InChI is InChI=1S/C27H26N6O2S/c1-17-9-5-7-11-21(17)32-23(19-13-15-28-16-14-19)30-31-26(32)36-18(2)24(34)33-22-12-8-6-10-20(22)29-25(35)27(33,3)4/h5-16,18H,1-4H3,(H,29,35). The zero-order valence-electron chi connectivity index (χ0n) is 20.5. The van der Waals surface area contributed by atoms with Crippen molar-refractivity contribution >= 4 is 35.0 Å². The van der Waals surface area contributed by atoms with Crippen LogP contribution in [0.5, 0.6) is 0 Å². The molecule has 4 aromatic rings. The van der Waals surface area contributed by atoms with E-state index in [1.165, 1.54) is 11.8 Å². The van der Waals surface area contributed by atoms with E-state index in [0.717, 1.165) is 16.8 Å². The van der Waals surface area contributed by atoms with Crippen molar-refractivity contribution in [3.8, 4) is 17.1 Å². The minimum absolute atomic E-state index is 0.183. The van der Waals surface area contributed by atoms with Crippen LogP contribution in [-0.2, 0) is 9.59 Å². The van der Waals surface area contributed by atoms with Crippen LogP contribution in [-0.4, -0.2) is 42.4 Å². The van der Waals surface area contributed by atoms with E-state index in [9.17, 15) is 9.59 Å². The molecule has 2 aromatic carbocycles. The van der Waals surface area contributed by atoms with Gasteiger partial charge in [-0.05, 0) is 63.6 Å². The van der Waals surface area contributed by atoms with E-state index in [1.807, 2.05) is 73.0 Å². The molecular formula is C27H26N6O2S. The molecule has 1 aliphatic heterocycles. The van der Waals surface area contributed by atoms with Crippen LogP contribution in [0.25, 0.3) is 17.1 Å². The van der Waals surface area contributed by atoms with Gasteiger partial charge in [0.1, 0.15) is 5.54 Å². The van der Waals surface area contributed by atoms with Crippen molar-refractivity contribution in [1.82, 2.24) is 19.7 Å². The molecule has 1 N–H and O–H groups in total. The van der Waals surface area contributed by atoms with Gasteiger partial charge in [-0.1, -0.05) is 42.1 Å². The molecule has 0 spiro atoms. The van der Waals surface area contributed by atoms with E-state index in [4.69, 9.17) is 0 Å². The Kier molecular flexibility index (Phi) is 6.09. The Morgan fingerprint density at radius 3 is 2.36 bits per heavy atom. The lowest BCUT2D eigenvalue weighted by Gasteiger charge is -2.43. The number of benzene rings is 2. The van der Waals surface area contributed by atoms with Gasteiger partial charge in [0.2, 0.25) is 11.8 Å². The first-order valence-electron chi connectivity index (χ1n) is 11.6. The van der Waals surface area contributed by atoms with Crippen LogP contribution in [0.15, 0.2) is 78.2 Å². The van der Waals surface area contributed by atoms with Gasteiger partial charge in [-0.3, -0.25) is 24.0 Å². The Morgan fingerprint density at radius 2 is 1.64 bits per heavy atom. The monoisotopic (exact) mass is 498 g/mol. The summed E-state index contributed by atoms with van der Waals surface area (Å²) in [6.07, 6.45) is 3.43. The second-order valence-electron chi connectivity index (χ2n) is 9.13. The number of hydrogen-bond donors (Lipinski definition) is 1. The van der Waals surface area contributed by atoms with Gasteiger partial charge >= 0.3 is 0 Å². The van der Waals surface area contributed by atoms with Crippen LogP contribution in [0.3, 0.4) is 0 Å². The topological polar surface area (TPSA) is 93.0 Å². The summed E-state index contributed by atoms with van der Waals surface area (Å²) in [5.74, 6) is 0.253. The highest BCUT2D eigenvalue weighted by atomic mass is 32.2. The molecule has 1 atom stereocenters. The van der Waals surface area contributed by atoms with Crippen molar-refractivity contribution in [1.29, 1.82) is 0 Å². The van der Waals surface area contributed by atoms with Gasteiger partial charge in [0, 0.05) is 18.0 Å². The number of aryl methyl sites for hydroxylation is 1. The fraction of sp³-hybridized carbons (Fsp3) is 0.222. The third-order valence-electron chi connectivity index (χ3n) is 6.29. The third kappa shape index (κ3) is 4.05. The van der Waals surface area contributed by atoms with Crippen molar-refractivity contribution in [2.75, 3.05) is 10.2 Å². The molecule has 0 radical (unpaired) electrons. The summed E-state index contributed by atoms with van der Waals surface area (Å²) in [4.78, 5) is 32.5. The Hall–Kier alpha value is -3.98. The Labute approximate surface area is 213 Å². The minimum Gasteiger partial charge on any atom is -0.322 e. The molecular weight excluding hydrogens is 472 g/mol.